The average Bonchev–Trinajstić information content (AvgIpc) is 2.61. The Morgan fingerprint density at radius 3 is 2.57 bits per heavy atom. The molecule has 0 saturated carbocycles. The summed E-state index contributed by atoms with van der Waals surface area (Å²) in [4.78, 5) is 4.31. The number of rotatable bonds is 2. The fourth-order valence-corrected chi connectivity index (χ4v) is 1.37. The third kappa shape index (κ3) is 1.46. The summed E-state index contributed by atoms with van der Waals surface area (Å²) in [5, 5.41) is 0. The highest BCUT2D eigenvalue weighted by Crippen LogP contribution is 2.23. The highest BCUT2D eigenvalue weighted by atomic mass is 16.4. The van der Waals surface area contributed by atoms with Crippen molar-refractivity contribution in [1.82, 2.24) is 4.98 Å². The predicted octanol–water partition coefficient (Wildman–Crippen LogP) is 3.29. The monoisotopic (exact) mass is 185 g/mol. The lowest BCUT2D eigenvalue weighted by Crippen LogP contribution is -1.79. The molecular formula is C12H11NO. The lowest BCUT2D eigenvalue weighted by Gasteiger charge is -1.94. The summed E-state index contributed by atoms with van der Waals surface area (Å²) in [6, 6.07) is 9.97. The van der Waals surface area contributed by atoms with Gasteiger partial charge in [0.25, 0.3) is 0 Å². The smallest absolute Gasteiger partial charge is 0.218 e. The van der Waals surface area contributed by atoms with Crippen molar-refractivity contribution in [1.29, 1.82) is 0 Å². The number of oxazole rings is 1. The molecule has 0 aliphatic heterocycles. The number of aryl methyl sites for hydroxylation is 1. The maximum Gasteiger partial charge on any atom is 0.218 e. The first-order chi connectivity index (χ1) is 6.81. The first kappa shape index (κ1) is 8.75. The van der Waals surface area contributed by atoms with Crippen molar-refractivity contribution in [2.24, 2.45) is 0 Å². The molecule has 0 amide bonds. The minimum atomic E-state index is 0.571. The Kier molecular flexibility index (Phi) is 2.19. The van der Waals surface area contributed by atoms with Gasteiger partial charge in [0.15, 0.2) is 0 Å². The molecule has 1 heterocycles. The fraction of sp³-hybridized carbons (Fsp3) is 0.0833. The zero-order valence-corrected chi connectivity index (χ0v) is 8.03. The van der Waals surface area contributed by atoms with Crippen LogP contribution in [-0.2, 0) is 0 Å². The molecule has 0 saturated heterocycles. The van der Waals surface area contributed by atoms with Crippen LogP contribution in [0.1, 0.15) is 11.7 Å². The van der Waals surface area contributed by atoms with Gasteiger partial charge < -0.3 is 4.42 Å². The number of benzene rings is 1. The average molecular weight is 185 g/mol. The van der Waals surface area contributed by atoms with E-state index in [0.717, 1.165) is 17.0 Å². The first-order valence-electron chi connectivity index (χ1n) is 4.46. The minimum Gasteiger partial charge on any atom is -0.441 e. The SMILES string of the molecule is C=Cc1nc(-c2ccccc2)c(C)o1. The van der Waals surface area contributed by atoms with Gasteiger partial charge in [0.1, 0.15) is 11.5 Å². The molecule has 14 heavy (non-hydrogen) atoms. The van der Waals surface area contributed by atoms with E-state index in [1.54, 1.807) is 6.08 Å². The molecule has 0 unspecified atom stereocenters. The van der Waals surface area contributed by atoms with E-state index >= 15 is 0 Å². The zero-order chi connectivity index (χ0) is 9.97. The minimum absolute atomic E-state index is 0.571. The van der Waals surface area contributed by atoms with E-state index in [2.05, 4.69) is 11.6 Å². The third-order valence-electron chi connectivity index (χ3n) is 2.03. The molecule has 0 aliphatic carbocycles. The van der Waals surface area contributed by atoms with Gasteiger partial charge >= 0.3 is 0 Å². The maximum absolute atomic E-state index is 5.39. The Labute approximate surface area is 82.9 Å². The van der Waals surface area contributed by atoms with Crippen LogP contribution in [0.4, 0.5) is 0 Å². The normalized spacial score (nSPS) is 10.1. The summed E-state index contributed by atoms with van der Waals surface area (Å²) < 4.78 is 5.39. The summed E-state index contributed by atoms with van der Waals surface area (Å²) in [5.41, 5.74) is 1.96. The van der Waals surface area contributed by atoms with Gasteiger partial charge in [-0.15, -0.1) is 0 Å². The molecule has 2 heteroatoms. The molecule has 2 rings (SSSR count). The zero-order valence-electron chi connectivity index (χ0n) is 8.03. The van der Waals surface area contributed by atoms with Crippen molar-refractivity contribution in [3.05, 3.63) is 48.6 Å². The summed E-state index contributed by atoms with van der Waals surface area (Å²) >= 11 is 0. The van der Waals surface area contributed by atoms with E-state index in [4.69, 9.17) is 4.42 Å². The molecule has 1 aromatic heterocycles. The molecule has 0 radical (unpaired) electrons. The second-order valence-electron chi connectivity index (χ2n) is 3.03. The van der Waals surface area contributed by atoms with Crippen LogP contribution < -0.4 is 0 Å². The number of nitrogens with zero attached hydrogens (tertiary/aromatic N) is 1. The largest absolute Gasteiger partial charge is 0.441 e. The van der Waals surface area contributed by atoms with Crippen molar-refractivity contribution in [2.75, 3.05) is 0 Å². The van der Waals surface area contributed by atoms with Gasteiger partial charge in [-0.25, -0.2) is 4.98 Å². The van der Waals surface area contributed by atoms with Crippen molar-refractivity contribution in [3.8, 4) is 11.3 Å². The van der Waals surface area contributed by atoms with Crippen molar-refractivity contribution >= 4 is 6.08 Å². The van der Waals surface area contributed by atoms with Gasteiger partial charge in [-0.1, -0.05) is 36.9 Å². The Balaban J connectivity index is 2.51. The van der Waals surface area contributed by atoms with Crippen molar-refractivity contribution < 1.29 is 4.42 Å². The summed E-state index contributed by atoms with van der Waals surface area (Å²) in [5.74, 6) is 1.40. The molecule has 0 bridgehead atoms. The van der Waals surface area contributed by atoms with Gasteiger partial charge in [-0.05, 0) is 13.0 Å². The lowest BCUT2D eigenvalue weighted by atomic mass is 10.1. The lowest BCUT2D eigenvalue weighted by molar-refractivity contribution is 0.517. The second-order valence-corrected chi connectivity index (χ2v) is 3.03. The first-order valence-corrected chi connectivity index (χ1v) is 4.46. The van der Waals surface area contributed by atoms with E-state index in [1.165, 1.54) is 0 Å². The molecule has 0 spiro atoms. The highest BCUT2D eigenvalue weighted by molar-refractivity contribution is 5.62. The fourth-order valence-electron chi connectivity index (χ4n) is 1.37. The molecule has 0 aliphatic rings. The third-order valence-corrected chi connectivity index (χ3v) is 2.03. The second kappa shape index (κ2) is 3.50. The topological polar surface area (TPSA) is 26.0 Å². The Hall–Kier alpha value is -1.83. The van der Waals surface area contributed by atoms with Gasteiger partial charge in [0.05, 0.1) is 0 Å². The Morgan fingerprint density at radius 1 is 1.29 bits per heavy atom. The molecule has 0 N–H and O–H groups in total. The Morgan fingerprint density at radius 2 is 2.00 bits per heavy atom. The van der Waals surface area contributed by atoms with Crippen LogP contribution in [0, 0.1) is 6.92 Å². The number of hydrogen-bond donors (Lipinski definition) is 0. The van der Waals surface area contributed by atoms with E-state index < -0.39 is 0 Å². The van der Waals surface area contributed by atoms with E-state index in [0.29, 0.717) is 5.89 Å². The number of aromatic nitrogens is 1. The van der Waals surface area contributed by atoms with Gasteiger partial charge in [-0.3, -0.25) is 0 Å². The summed E-state index contributed by atoms with van der Waals surface area (Å²) in [6.45, 7) is 5.53. The molecule has 70 valence electrons. The standard InChI is InChI=1S/C12H11NO/c1-3-11-13-12(9(2)14-11)10-7-5-4-6-8-10/h3-8H,1H2,2H3. The summed E-state index contributed by atoms with van der Waals surface area (Å²) in [6.07, 6.45) is 1.61. The highest BCUT2D eigenvalue weighted by Gasteiger charge is 2.08. The molecule has 2 nitrogen and oxygen atoms in total. The van der Waals surface area contributed by atoms with Crippen molar-refractivity contribution in [3.63, 3.8) is 0 Å². The molecule has 0 fully saturated rings. The van der Waals surface area contributed by atoms with E-state index in [1.807, 2.05) is 37.3 Å². The van der Waals surface area contributed by atoms with Gasteiger partial charge in [0.2, 0.25) is 5.89 Å². The Bertz CT molecular complexity index is 443. The quantitative estimate of drug-likeness (QED) is 0.717. The van der Waals surface area contributed by atoms with Crippen LogP contribution in [0.3, 0.4) is 0 Å². The molecule has 1 aromatic carbocycles. The van der Waals surface area contributed by atoms with Crippen LogP contribution >= 0.6 is 0 Å². The van der Waals surface area contributed by atoms with Crippen LogP contribution in [0.15, 0.2) is 41.3 Å². The van der Waals surface area contributed by atoms with Crippen LogP contribution in [0.2, 0.25) is 0 Å². The molecular weight excluding hydrogens is 174 g/mol. The molecule has 0 atom stereocenters. The van der Waals surface area contributed by atoms with Gasteiger partial charge in [0, 0.05) is 5.56 Å². The van der Waals surface area contributed by atoms with Gasteiger partial charge in [-0.2, -0.15) is 0 Å². The van der Waals surface area contributed by atoms with Crippen molar-refractivity contribution in [2.45, 2.75) is 6.92 Å². The predicted molar refractivity (Wildman–Crippen MR) is 56.8 cm³/mol. The van der Waals surface area contributed by atoms with Crippen LogP contribution in [0.5, 0.6) is 0 Å². The van der Waals surface area contributed by atoms with Crippen LogP contribution in [0.25, 0.3) is 17.3 Å². The summed E-state index contributed by atoms with van der Waals surface area (Å²) in [7, 11) is 0. The van der Waals surface area contributed by atoms with E-state index in [-0.39, 0.29) is 0 Å². The number of hydrogen-bond acceptors (Lipinski definition) is 2. The van der Waals surface area contributed by atoms with E-state index in [9.17, 15) is 0 Å². The maximum atomic E-state index is 5.39. The molecule has 2 aromatic rings. The van der Waals surface area contributed by atoms with Crippen LogP contribution in [-0.4, -0.2) is 4.98 Å².